The van der Waals surface area contributed by atoms with E-state index >= 15 is 0 Å². The fourth-order valence-corrected chi connectivity index (χ4v) is 3.55. The second-order valence-electron chi connectivity index (χ2n) is 6.05. The van der Waals surface area contributed by atoms with E-state index in [1.54, 1.807) is 0 Å². The predicted molar refractivity (Wildman–Crippen MR) is 76.8 cm³/mol. The summed E-state index contributed by atoms with van der Waals surface area (Å²) < 4.78 is 14.0. The Hall–Kier alpha value is -0.910. The van der Waals surface area contributed by atoms with Crippen molar-refractivity contribution < 1.29 is 9.47 Å². The molecule has 3 rings (SSSR count). The van der Waals surface area contributed by atoms with Gasteiger partial charge in [-0.25, -0.2) is 0 Å². The van der Waals surface area contributed by atoms with Crippen LogP contribution in [0.25, 0.3) is 0 Å². The second-order valence-corrected chi connectivity index (χ2v) is 6.05. The monoisotopic (exact) mass is 279 g/mol. The van der Waals surface area contributed by atoms with Crippen molar-refractivity contribution >= 4 is 0 Å². The van der Waals surface area contributed by atoms with Crippen molar-refractivity contribution in [1.29, 1.82) is 0 Å². The van der Waals surface area contributed by atoms with E-state index in [1.807, 2.05) is 7.05 Å². The topological polar surface area (TPSA) is 48.3 Å². The molecule has 1 saturated carbocycles. The Morgan fingerprint density at radius 2 is 1.95 bits per heavy atom. The van der Waals surface area contributed by atoms with E-state index in [0.717, 1.165) is 25.0 Å². The van der Waals surface area contributed by atoms with Crippen LogP contribution in [0.15, 0.2) is 0 Å². The molecule has 112 valence electrons. The third-order valence-electron chi connectivity index (χ3n) is 5.01. The summed E-state index contributed by atoms with van der Waals surface area (Å²) in [5.41, 5.74) is 3.65. The quantitative estimate of drug-likeness (QED) is 0.898. The van der Waals surface area contributed by atoms with Crippen LogP contribution in [0.5, 0.6) is 0 Å². The van der Waals surface area contributed by atoms with Crippen LogP contribution >= 0.6 is 0 Å². The third kappa shape index (κ3) is 2.18. The summed E-state index contributed by atoms with van der Waals surface area (Å²) in [5.74, 6) is -0.377. The molecule has 0 bridgehead atoms. The average Bonchev–Trinajstić information content (AvgIpc) is 3.00. The number of rotatable bonds is 2. The number of aryl methyl sites for hydroxylation is 1. The fraction of sp³-hybridized carbons (Fsp3) is 0.800. The standard InChI is InChI=1S/C15H25N3O2/c1-10-11(2)17-18(12(10)3)14-9-15(19-7-8-20-15)6-5-13(14)16-4/h13-14,16H,5-9H2,1-4H3. The van der Waals surface area contributed by atoms with E-state index < -0.39 is 0 Å². The van der Waals surface area contributed by atoms with Crippen LogP contribution in [0.2, 0.25) is 0 Å². The molecule has 1 aliphatic carbocycles. The van der Waals surface area contributed by atoms with Gasteiger partial charge >= 0.3 is 0 Å². The minimum Gasteiger partial charge on any atom is -0.347 e. The molecule has 2 unspecified atom stereocenters. The number of ether oxygens (including phenoxy) is 2. The maximum absolute atomic E-state index is 5.91. The molecule has 1 aromatic heterocycles. The lowest BCUT2D eigenvalue weighted by Gasteiger charge is -2.41. The highest BCUT2D eigenvalue weighted by molar-refractivity contribution is 5.23. The Labute approximate surface area is 120 Å². The highest BCUT2D eigenvalue weighted by atomic mass is 16.7. The summed E-state index contributed by atoms with van der Waals surface area (Å²) in [7, 11) is 2.03. The highest BCUT2D eigenvalue weighted by Crippen LogP contribution is 2.41. The number of aromatic nitrogens is 2. The van der Waals surface area contributed by atoms with Crippen LogP contribution in [0.1, 0.15) is 42.3 Å². The van der Waals surface area contributed by atoms with Crippen LogP contribution in [-0.2, 0) is 9.47 Å². The van der Waals surface area contributed by atoms with Gasteiger partial charge in [0.2, 0.25) is 0 Å². The molecule has 2 aliphatic rings. The largest absolute Gasteiger partial charge is 0.347 e. The number of nitrogens with zero attached hydrogens (tertiary/aromatic N) is 2. The molecule has 2 atom stereocenters. The number of hydrogen-bond acceptors (Lipinski definition) is 4. The summed E-state index contributed by atoms with van der Waals surface area (Å²) >= 11 is 0. The van der Waals surface area contributed by atoms with Crippen molar-refractivity contribution in [3.8, 4) is 0 Å². The van der Waals surface area contributed by atoms with E-state index in [1.165, 1.54) is 11.3 Å². The van der Waals surface area contributed by atoms with Crippen molar-refractivity contribution in [2.45, 2.75) is 57.9 Å². The molecule has 1 N–H and O–H groups in total. The Balaban J connectivity index is 1.92. The molecule has 1 spiro atoms. The van der Waals surface area contributed by atoms with Gasteiger partial charge in [0.15, 0.2) is 5.79 Å². The normalized spacial score (nSPS) is 29.2. The first kappa shape index (κ1) is 14.0. The molecule has 0 aromatic carbocycles. The molecule has 1 saturated heterocycles. The maximum Gasteiger partial charge on any atom is 0.170 e. The van der Waals surface area contributed by atoms with Crippen molar-refractivity contribution in [2.75, 3.05) is 20.3 Å². The summed E-state index contributed by atoms with van der Waals surface area (Å²) in [4.78, 5) is 0. The van der Waals surface area contributed by atoms with Gasteiger partial charge in [-0.3, -0.25) is 4.68 Å². The van der Waals surface area contributed by atoms with Crippen LogP contribution in [0.4, 0.5) is 0 Å². The molecule has 5 heteroatoms. The zero-order valence-corrected chi connectivity index (χ0v) is 12.9. The van der Waals surface area contributed by atoms with Gasteiger partial charge in [-0.1, -0.05) is 0 Å². The molecule has 2 fully saturated rings. The van der Waals surface area contributed by atoms with E-state index in [-0.39, 0.29) is 5.79 Å². The van der Waals surface area contributed by atoms with Gasteiger partial charge in [-0.05, 0) is 39.8 Å². The van der Waals surface area contributed by atoms with Crippen LogP contribution in [0.3, 0.4) is 0 Å². The Morgan fingerprint density at radius 1 is 1.25 bits per heavy atom. The van der Waals surface area contributed by atoms with E-state index in [0.29, 0.717) is 25.3 Å². The first-order valence-corrected chi connectivity index (χ1v) is 7.54. The van der Waals surface area contributed by atoms with Gasteiger partial charge < -0.3 is 14.8 Å². The molecule has 1 aromatic rings. The summed E-state index contributed by atoms with van der Waals surface area (Å²) in [5, 5.41) is 8.19. The Bertz CT molecular complexity index is 492. The summed E-state index contributed by atoms with van der Waals surface area (Å²) in [6.45, 7) is 7.80. The first-order valence-electron chi connectivity index (χ1n) is 7.54. The number of hydrogen-bond donors (Lipinski definition) is 1. The van der Waals surface area contributed by atoms with Crippen molar-refractivity contribution in [3.05, 3.63) is 17.0 Å². The minimum atomic E-state index is -0.377. The van der Waals surface area contributed by atoms with E-state index in [2.05, 4.69) is 30.8 Å². The van der Waals surface area contributed by atoms with Crippen LogP contribution < -0.4 is 5.32 Å². The molecular weight excluding hydrogens is 254 g/mol. The first-order chi connectivity index (χ1) is 9.56. The third-order valence-corrected chi connectivity index (χ3v) is 5.01. The van der Waals surface area contributed by atoms with E-state index in [4.69, 9.17) is 14.6 Å². The lowest BCUT2D eigenvalue weighted by Crippen LogP contribution is -2.48. The number of nitrogens with one attached hydrogen (secondary N) is 1. The van der Waals surface area contributed by atoms with Gasteiger partial charge in [0.25, 0.3) is 0 Å². The van der Waals surface area contributed by atoms with Gasteiger partial charge in [-0.15, -0.1) is 0 Å². The van der Waals surface area contributed by atoms with Crippen LogP contribution in [-0.4, -0.2) is 41.9 Å². The fourth-order valence-electron chi connectivity index (χ4n) is 3.55. The Morgan fingerprint density at radius 3 is 2.50 bits per heavy atom. The van der Waals surface area contributed by atoms with Gasteiger partial charge in [0.1, 0.15) is 0 Å². The predicted octanol–water partition coefficient (Wildman–Crippen LogP) is 1.86. The molecule has 20 heavy (non-hydrogen) atoms. The van der Waals surface area contributed by atoms with E-state index in [9.17, 15) is 0 Å². The van der Waals surface area contributed by atoms with Gasteiger partial charge in [-0.2, -0.15) is 5.10 Å². The second kappa shape index (κ2) is 5.13. The van der Waals surface area contributed by atoms with Crippen molar-refractivity contribution in [2.24, 2.45) is 0 Å². The molecule has 2 heterocycles. The molecule has 0 radical (unpaired) electrons. The van der Waals surface area contributed by atoms with Gasteiger partial charge in [0.05, 0.1) is 24.9 Å². The van der Waals surface area contributed by atoms with Gasteiger partial charge in [0, 0.05) is 24.6 Å². The molecule has 5 nitrogen and oxygen atoms in total. The summed E-state index contributed by atoms with van der Waals surface area (Å²) in [6.07, 6.45) is 2.89. The maximum atomic E-state index is 5.91. The zero-order valence-electron chi connectivity index (χ0n) is 12.9. The highest BCUT2D eigenvalue weighted by Gasteiger charge is 2.46. The van der Waals surface area contributed by atoms with Crippen molar-refractivity contribution in [3.63, 3.8) is 0 Å². The van der Waals surface area contributed by atoms with Crippen molar-refractivity contribution in [1.82, 2.24) is 15.1 Å². The average molecular weight is 279 g/mol. The number of likely N-dealkylation sites (N-methyl/N-ethyl adjacent to an activating group) is 1. The van der Waals surface area contributed by atoms with Crippen LogP contribution in [0, 0.1) is 20.8 Å². The minimum absolute atomic E-state index is 0.291. The smallest absolute Gasteiger partial charge is 0.170 e. The Kier molecular flexibility index (Phi) is 3.60. The summed E-state index contributed by atoms with van der Waals surface area (Å²) in [6, 6.07) is 0.713. The lowest BCUT2D eigenvalue weighted by atomic mass is 9.85. The zero-order chi connectivity index (χ0) is 14.3. The SMILES string of the molecule is CNC1CCC2(CC1n1nc(C)c(C)c1C)OCCO2. The lowest BCUT2D eigenvalue weighted by molar-refractivity contribution is -0.189. The molecule has 0 amide bonds. The molecule has 1 aliphatic heterocycles. The molecular formula is C15H25N3O2.